The summed E-state index contributed by atoms with van der Waals surface area (Å²) in [5.41, 5.74) is 0.945. The lowest BCUT2D eigenvalue weighted by Gasteiger charge is -2.17. The number of carbonyl (C=O) groups is 1. The van der Waals surface area contributed by atoms with E-state index in [-0.39, 0.29) is 12.0 Å². The van der Waals surface area contributed by atoms with E-state index in [4.69, 9.17) is 4.74 Å². The Balaban J connectivity index is 1.61. The molecule has 0 radical (unpaired) electrons. The van der Waals surface area contributed by atoms with Crippen LogP contribution in [0.15, 0.2) is 36.7 Å². The van der Waals surface area contributed by atoms with Gasteiger partial charge in [-0.2, -0.15) is 5.10 Å². The Hall–Kier alpha value is -3.07. The number of nitrogens with zero attached hydrogens (tertiary/aromatic N) is 6. The first-order chi connectivity index (χ1) is 12.2. The van der Waals surface area contributed by atoms with Gasteiger partial charge in [-0.3, -0.25) is 4.79 Å². The Labute approximate surface area is 143 Å². The SMILES string of the molecule is CO[C@H]1CCN(c2ccc3ncc(C(=O)Nc4cccnn4)n3n2)C1. The van der Waals surface area contributed by atoms with Gasteiger partial charge < -0.3 is 15.0 Å². The predicted octanol–water partition coefficient (Wildman–Crippen LogP) is 0.997. The molecule has 9 nitrogen and oxygen atoms in total. The Bertz CT molecular complexity index is 896. The summed E-state index contributed by atoms with van der Waals surface area (Å²) < 4.78 is 6.94. The number of methoxy groups -OCH3 is 1. The van der Waals surface area contributed by atoms with Gasteiger partial charge >= 0.3 is 0 Å². The lowest BCUT2D eigenvalue weighted by atomic mass is 10.3. The zero-order chi connectivity index (χ0) is 17.2. The van der Waals surface area contributed by atoms with Crippen LogP contribution in [0.3, 0.4) is 0 Å². The molecule has 0 saturated carbocycles. The average molecular weight is 339 g/mol. The summed E-state index contributed by atoms with van der Waals surface area (Å²) in [6, 6.07) is 7.13. The minimum atomic E-state index is -0.339. The number of imidazole rings is 1. The summed E-state index contributed by atoms with van der Waals surface area (Å²) in [5, 5.41) is 14.9. The van der Waals surface area contributed by atoms with E-state index >= 15 is 0 Å². The summed E-state index contributed by atoms with van der Waals surface area (Å²) in [4.78, 5) is 18.9. The number of rotatable bonds is 4. The monoisotopic (exact) mass is 339 g/mol. The second kappa shape index (κ2) is 6.44. The van der Waals surface area contributed by atoms with Crippen molar-refractivity contribution in [1.29, 1.82) is 0 Å². The molecule has 1 saturated heterocycles. The van der Waals surface area contributed by atoms with Crippen LogP contribution >= 0.6 is 0 Å². The first-order valence-electron chi connectivity index (χ1n) is 7.96. The van der Waals surface area contributed by atoms with E-state index in [1.807, 2.05) is 12.1 Å². The van der Waals surface area contributed by atoms with Crippen LogP contribution in [0.5, 0.6) is 0 Å². The number of carbonyl (C=O) groups excluding carboxylic acids is 1. The van der Waals surface area contributed by atoms with Crippen molar-refractivity contribution >= 4 is 23.2 Å². The van der Waals surface area contributed by atoms with Gasteiger partial charge in [0.1, 0.15) is 5.82 Å². The second-order valence-corrected chi connectivity index (χ2v) is 5.76. The van der Waals surface area contributed by atoms with E-state index in [0.29, 0.717) is 17.2 Å². The van der Waals surface area contributed by atoms with Gasteiger partial charge in [0.2, 0.25) is 0 Å². The van der Waals surface area contributed by atoms with E-state index in [0.717, 1.165) is 25.3 Å². The van der Waals surface area contributed by atoms with Crippen LogP contribution in [-0.4, -0.2) is 57.0 Å². The molecule has 4 rings (SSSR count). The summed E-state index contributed by atoms with van der Waals surface area (Å²) in [6.45, 7) is 1.65. The Morgan fingerprint density at radius 2 is 2.28 bits per heavy atom. The van der Waals surface area contributed by atoms with E-state index in [1.54, 1.807) is 30.0 Å². The molecule has 1 N–H and O–H groups in total. The minimum Gasteiger partial charge on any atom is -0.380 e. The van der Waals surface area contributed by atoms with Gasteiger partial charge in [-0.1, -0.05) is 0 Å². The Kier molecular flexibility index (Phi) is 3.98. The molecule has 9 heteroatoms. The fourth-order valence-corrected chi connectivity index (χ4v) is 2.86. The Morgan fingerprint density at radius 3 is 3.04 bits per heavy atom. The van der Waals surface area contributed by atoms with Crippen molar-refractivity contribution in [3.05, 3.63) is 42.4 Å². The summed E-state index contributed by atoms with van der Waals surface area (Å²) in [6.07, 6.45) is 4.21. The van der Waals surface area contributed by atoms with Crippen molar-refractivity contribution < 1.29 is 9.53 Å². The zero-order valence-corrected chi connectivity index (χ0v) is 13.7. The molecular weight excluding hydrogens is 322 g/mol. The van der Waals surface area contributed by atoms with Gasteiger partial charge in [0, 0.05) is 26.4 Å². The number of hydrogen-bond donors (Lipinski definition) is 1. The van der Waals surface area contributed by atoms with Crippen LogP contribution < -0.4 is 10.2 Å². The van der Waals surface area contributed by atoms with Crippen LogP contribution in [0, 0.1) is 0 Å². The van der Waals surface area contributed by atoms with Crippen molar-refractivity contribution in [3.8, 4) is 0 Å². The van der Waals surface area contributed by atoms with Gasteiger partial charge in [0.25, 0.3) is 5.91 Å². The molecule has 3 aromatic rings. The molecular formula is C16H17N7O2. The minimum absolute atomic E-state index is 0.208. The number of aromatic nitrogens is 5. The maximum atomic E-state index is 12.5. The van der Waals surface area contributed by atoms with Gasteiger partial charge in [0.05, 0.1) is 12.3 Å². The lowest BCUT2D eigenvalue weighted by Crippen LogP contribution is -2.24. The lowest BCUT2D eigenvalue weighted by molar-refractivity contribution is 0.101. The van der Waals surface area contributed by atoms with Gasteiger partial charge in [0.15, 0.2) is 17.2 Å². The van der Waals surface area contributed by atoms with Crippen LogP contribution in [0.1, 0.15) is 16.9 Å². The molecule has 3 aromatic heterocycles. The molecule has 1 fully saturated rings. The quantitative estimate of drug-likeness (QED) is 0.757. The molecule has 0 aromatic carbocycles. The number of anilines is 2. The molecule has 1 atom stereocenters. The van der Waals surface area contributed by atoms with E-state index in [1.165, 1.54) is 6.20 Å². The van der Waals surface area contributed by atoms with Crippen molar-refractivity contribution in [2.45, 2.75) is 12.5 Å². The van der Waals surface area contributed by atoms with Crippen molar-refractivity contribution in [3.63, 3.8) is 0 Å². The second-order valence-electron chi connectivity index (χ2n) is 5.76. The molecule has 1 amide bonds. The molecule has 128 valence electrons. The fourth-order valence-electron chi connectivity index (χ4n) is 2.86. The number of amides is 1. The summed E-state index contributed by atoms with van der Waals surface area (Å²) >= 11 is 0. The fraction of sp³-hybridized carbons (Fsp3) is 0.312. The molecule has 4 heterocycles. The molecule has 25 heavy (non-hydrogen) atoms. The van der Waals surface area contributed by atoms with E-state index in [2.05, 4.69) is 30.5 Å². The molecule has 1 aliphatic rings. The molecule has 0 spiro atoms. The number of fused-ring (bicyclic) bond motifs is 1. The average Bonchev–Trinajstić information content (AvgIpc) is 3.29. The van der Waals surface area contributed by atoms with Crippen LogP contribution in [-0.2, 0) is 4.74 Å². The van der Waals surface area contributed by atoms with E-state index < -0.39 is 0 Å². The number of hydrogen-bond acceptors (Lipinski definition) is 7. The topological polar surface area (TPSA) is 97.5 Å². The first-order valence-corrected chi connectivity index (χ1v) is 7.96. The van der Waals surface area contributed by atoms with Gasteiger partial charge in [-0.25, -0.2) is 9.50 Å². The summed E-state index contributed by atoms with van der Waals surface area (Å²) in [5.74, 6) is 0.827. The third-order valence-corrected chi connectivity index (χ3v) is 4.20. The smallest absolute Gasteiger partial charge is 0.277 e. The third kappa shape index (κ3) is 3.01. The van der Waals surface area contributed by atoms with Crippen LogP contribution in [0.2, 0.25) is 0 Å². The molecule has 0 unspecified atom stereocenters. The predicted molar refractivity (Wildman–Crippen MR) is 90.6 cm³/mol. The van der Waals surface area contributed by atoms with Crippen LogP contribution in [0.4, 0.5) is 11.6 Å². The van der Waals surface area contributed by atoms with E-state index in [9.17, 15) is 4.79 Å². The molecule has 0 aliphatic carbocycles. The third-order valence-electron chi connectivity index (χ3n) is 4.20. The highest BCUT2D eigenvalue weighted by Gasteiger charge is 2.24. The normalized spacial score (nSPS) is 17.2. The maximum Gasteiger partial charge on any atom is 0.277 e. The highest BCUT2D eigenvalue weighted by molar-refractivity contribution is 6.02. The Morgan fingerprint density at radius 1 is 1.36 bits per heavy atom. The van der Waals surface area contributed by atoms with Crippen molar-refractivity contribution in [1.82, 2.24) is 24.8 Å². The van der Waals surface area contributed by atoms with Crippen LogP contribution in [0.25, 0.3) is 5.65 Å². The standard InChI is InChI=1S/C16H17N7O2/c1-25-11-6-8-22(10-11)15-5-4-14-17-9-12(23(14)21-15)16(24)19-13-3-2-7-18-20-13/h2-5,7,9,11H,6,8,10H2,1H3,(H,19,20,24)/t11-/m0/s1. The number of ether oxygens (including phenoxy) is 1. The summed E-state index contributed by atoms with van der Waals surface area (Å²) in [7, 11) is 1.72. The maximum absolute atomic E-state index is 12.5. The highest BCUT2D eigenvalue weighted by Crippen LogP contribution is 2.20. The number of nitrogens with one attached hydrogen (secondary N) is 1. The molecule has 0 bridgehead atoms. The van der Waals surface area contributed by atoms with Crippen molar-refractivity contribution in [2.24, 2.45) is 0 Å². The van der Waals surface area contributed by atoms with Gasteiger partial charge in [-0.05, 0) is 30.7 Å². The molecule has 1 aliphatic heterocycles. The zero-order valence-electron chi connectivity index (χ0n) is 13.7. The van der Waals surface area contributed by atoms with Crippen molar-refractivity contribution in [2.75, 3.05) is 30.4 Å². The largest absolute Gasteiger partial charge is 0.380 e. The highest BCUT2D eigenvalue weighted by atomic mass is 16.5. The first kappa shape index (κ1) is 15.5. The van der Waals surface area contributed by atoms with Gasteiger partial charge in [-0.15, -0.1) is 10.2 Å².